The van der Waals surface area contributed by atoms with Crippen LogP contribution >= 0.6 is 12.2 Å². The number of hydrogen-bond acceptors (Lipinski definition) is 5. The Morgan fingerprint density at radius 3 is 2.82 bits per heavy atom. The highest BCUT2D eigenvalue weighted by atomic mass is 32.1. The first kappa shape index (κ1) is 21.9. The Kier molecular flexibility index (Phi) is 9.00. The average Bonchev–Trinajstić information content (AvgIpc) is 2.68. The fraction of sp³-hybridized carbons (Fsp3) is 0.550. The Morgan fingerprint density at radius 1 is 1.32 bits per heavy atom. The first-order chi connectivity index (χ1) is 13.5. The maximum absolute atomic E-state index is 11.5. The van der Waals surface area contributed by atoms with Gasteiger partial charge in [0.15, 0.2) is 23.2 Å². The van der Waals surface area contributed by atoms with Gasteiger partial charge in [-0.3, -0.25) is 10.2 Å². The van der Waals surface area contributed by atoms with Crippen LogP contribution in [-0.4, -0.2) is 43.5 Å². The van der Waals surface area contributed by atoms with Crippen LogP contribution in [0.2, 0.25) is 0 Å². The van der Waals surface area contributed by atoms with Gasteiger partial charge in [-0.25, -0.2) is 0 Å². The van der Waals surface area contributed by atoms with Crippen LogP contribution in [0.25, 0.3) is 0 Å². The van der Waals surface area contributed by atoms with Crippen LogP contribution in [0.5, 0.6) is 11.5 Å². The minimum atomic E-state index is -0.173. The Morgan fingerprint density at radius 2 is 2.11 bits per heavy atom. The van der Waals surface area contributed by atoms with Crippen LogP contribution in [0.3, 0.4) is 0 Å². The van der Waals surface area contributed by atoms with E-state index in [0.717, 1.165) is 12.0 Å². The normalized spacial score (nSPS) is 19.1. The smallest absolute Gasteiger partial charge is 0.257 e. The van der Waals surface area contributed by atoms with E-state index in [1.807, 2.05) is 13.0 Å². The Labute approximate surface area is 172 Å². The zero-order valence-corrected chi connectivity index (χ0v) is 17.6. The van der Waals surface area contributed by atoms with Crippen molar-refractivity contribution in [1.29, 1.82) is 0 Å². The quantitative estimate of drug-likeness (QED) is 0.350. The fourth-order valence-corrected chi connectivity index (χ4v) is 3.38. The molecule has 0 spiro atoms. The van der Waals surface area contributed by atoms with Gasteiger partial charge in [0.2, 0.25) is 0 Å². The third-order valence-electron chi connectivity index (χ3n) is 4.73. The summed E-state index contributed by atoms with van der Waals surface area (Å²) in [7, 11) is 1.55. The van der Waals surface area contributed by atoms with Crippen molar-refractivity contribution in [2.45, 2.75) is 45.6 Å². The second kappa shape index (κ2) is 11.5. The number of methoxy groups -OCH3 is 1. The van der Waals surface area contributed by atoms with Crippen molar-refractivity contribution in [3.8, 4) is 11.5 Å². The molecule has 0 radical (unpaired) electrons. The number of benzene rings is 1. The van der Waals surface area contributed by atoms with E-state index in [1.54, 1.807) is 25.5 Å². The second-order valence-electron chi connectivity index (χ2n) is 6.86. The van der Waals surface area contributed by atoms with Crippen molar-refractivity contribution in [2.75, 3.05) is 20.3 Å². The lowest BCUT2D eigenvalue weighted by molar-refractivity contribution is -0.123. The van der Waals surface area contributed by atoms with Crippen molar-refractivity contribution < 1.29 is 14.3 Å². The number of nitrogens with one attached hydrogen (secondary N) is 3. The summed E-state index contributed by atoms with van der Waals surface area (Å²) in [6.45, 7) is 4.62. The van der Waals surface area contributed by atoms with Gasteiger partial charge in [-0.2, -0.15) is 5.10 Å². The van der Waals surface area contributed by atoms with E-state index in [1.165, 1.54) is 19.3 Å². The van der Waals surface area contributed by atoms with Crippen molar-refractivity contribution in [3.05, 3.63) is 23.8 Å². The molecule has 2 atom stereocenters. The van der Waals surface area contributed by atoms with E-state index in [-0.39, 0.29) is 12.5 Å². The van der Waals surface area contributed by atoms with Gasteiger partial charge in [-0.05, 0) is 61.7 Å². The molecule has 1 saturated carbocycles. The average molecular weight is 407 g/mol. The third kappa shape index (κ3) is 6.99. The first-order valence-corrected chi connectivity index (χ1v) is 10.1. The van der Waals surface area contributed by atoms with Crippen LogP contribution in [-0.2, 0) is 4.79 Å². The summed E-state index contributed by atoms with van der Waals surface area (Å²) in [5.74, 6) is 1.48. The maximum atomic E-state index is 11.5. The highest BCUT2D eigenvalue weighted by Gasteiger charge is 2.21. The molecule has 0 heterocycles. The van der Waals surface area contributed by atoms with Gasteiger partial charge >= 0.3 is 0 Å². The Balaban J connectivity index is 1.87. The predicted octanol–water partition coefficient (Wildman–Crippen LogP) is 2.59. The number of thiocarbonyl (C=S) groups is 1. The molecule has 1 aromatic carbocycles. The van der Waals surface area contributed by atoms with Crippen molar-refractivity contribution in [3.63, 3.8) is 0 Å². The molecule has 7 nitrogen and oxygen atoms in total. The van der Waals surface area contributed by atoms with E-state index < -0.39 is 0 Å². The molecule has 0 saturated heterocycles. The van der Waals surface area contributed by atoms with Gasteiger partial charge < -0.3 is 20.1 Å². The SMILES string of the molecule is CCNC(=O)COc1ccc(/C=N\NC(=S)N[C@H]2CCCC[C@@H]2C)cc1OC. The molecule has 1 amide bonds. The van der Waals surface area contributed by atoms with E-state index in [0.29, 0.717) is 35.1 Å². The Hall–Kier alpha value is -2.35. The van der Waals surface area contributed by atoms with E-state index >= 15 is 0 Å². The van der Waals surface area contributed by atoms with Gasteiger partial charge in [-0.1, -0.05) is 19.8 Å². The van der Waals surface area contributed by atoms with Gasteiger partial charge in [0.05, 0.1) is 13.3 Å². The molecular weight excluding hydrogens is 376 g/mol. The monoisotopic (exact) mass is 406 g/mol. The molecule has 1 aliphatic carbocycles. The summed E-state index contributed by atoms with van der Waals surface area (Å²) in [6.07, 6.45) is 6.57. The van der Waals surface area contributed by atoms with Gasteiger partial charge in [0, 0.05) is 12.6 Å². The van der Waals surface area contributed by atoms with Crippen LogP contribution in [0.1, 0.15) is 45.1 Å². The number of carbonyl (C=O) groups is 1. The number of likely N-dealkylation sites (N-methyl/N-ethyl adjacent to an activating group) is 1. The van der Waals surface area contributed by atoms with Crippen LogP contribution in [0.4, 0.5) is 0 Å². The summed E-state index contributed by atoms with van der Waals surface area (Å²) in [4.78, 5) is 11.5. The lowest BCUT2D eigenvalue weighted by Gasteiger charge is -2.30. The number of ether oxygens (including phenoxy) is 2. The summed E-state index contributed by atoms with van der Waals surface area (Å²) in [5.41, 5.74) is 3.69. The van der Waals surface area contributed by atoms with Crippen LogP contribution in [0, 0.1) is 5.92 Å². The molecule has 0 unspecified atom stereocenters. The largest absolute Gasteiger partial charge is 0.493 e. The highest BCUT2D eigenvalue weighted by molar-refractivity contribution is 7.80. The predicted molar refractivity (Wildman–Crippen MR) is 115 cm³/mol. The number of rotatable bonds is 8. The number of carbonyl (C=O) groups excluding carboxylic acids is 1. The van der Waals surface area contributed by atoms with Gasteiger partial charge in [0.1, 0.15) is 0 Å². The molecule has 0 aromatic heterocycles. The number of hydrogen-bond donors (Lipinski definition) is 3. The molecule has 1 fully saturated rings. The molecular formula is C20H30N4O3S. The molecule has 1 aliphatic rings. The summed E-state index contributed by atoms with van der Waals surface area (Å²) < 4.78 is 10.8. The molecule has 0 bridgehead atoms. The molecule has 3 N–H and O–H groups in total. The van der Waals surface area contributed by atoms with Crippen LogP contribution < -0.4 is 25.5 Å². The van der Waals surface area contributed by atoms with Crippen molar-refractivity contribution in [2.24, 2.45) is 11.0 Å². The molecule has 2 rings (SSSR count). The lowest BCUT2D eigenvalue weighted by Crippen LogP contribution is -2.44. The number of nitrogens with zero attached hydrogens (tertiary/aromatic N) is 1. The van der Waals surface area contributed by atoms with Crippen molar-refractivity contribution >= 4 is 29.5 Å². The zero-order chi connectivity index (χ0) is 20.4. The van der Waals surface area contributed by atoms with Crippen LogP contribution in [0.15, 0.2) is 23.3 Å². The molecule has 28 heavy (non-hydrogen) atoms. The first-order valence-electron chi connectivity index (χ1n) is 9.70. The lowest BCUT2D eigenvalue weighted by atomic mass is 9.86. The standard InChI is InChI=1S/C20H30N4O3S/c1-4-21-19(25)13-27-17-10-9-15(11-18(17)26-3)12-22-24-20(28)23-16-8-6-5-7-14(16)2/h9-12,14,16H,4-8,13H2,1-3H3,(H,21,25)(H2,23,24,28)/b22-12-/t14-,16-/m0/s1. The van der Waals surface area contributed by atoms with E-state index in [4.69, 9.17) is 21.7 Å². The molecule has 154 valence electrons. The molecule has 0 aliphatic heterocycles. The minimum absolute atomic E-state index is 0.0568. The van der Waals surface area contributed by atoms with Gasteiger partial charge in [-0.15, -0.1) is 0 Å². The minimum Gasteiger partial charge on any atom is -0.493 e. The molecule has 1 aromatic rings. The summed E-state index contributed by atoms with van der Waals surface area (Å²) >= 11 is 5.33. The van der Waals surface area contributed by atoms with E-state index in [2.05, 4.69) is 28.1 Å². The zero-order valence-electron chi connectivity index (χ0n) is 16.8. The number of amides is 1. The highest BCUT2D eigenvalue weighted by Crippen LogP contribution is 2.27. The third-order valence-corrected chi connectivity index (χ3v) is 4.94. The maximum Gasteiger partial charge on any atom is 0.257 e. The fourth-order valence-electron chi connectivity index (χ4n) is 3.17. The topological polar surface area (TPSA) is 84.0 Å². The number of hydrazone groups is 1. The summed E-state index contributed by atoms with van der Waals surface area (Å²) in [6, 6.07) is 5.78. The Bertz CT molecular complexity index is 696. The van der Waals surface area contributed by atoms with E-state index in [9.17, 15) is 4.79 Å². The van der Waals surface area contributed by atoms with Crippen molar-refractivity contribution in [1.82, 2.24) is 16.1 Å². The second-order valence-corrected chi connectivity index (χ2v) is 7.27. The van der Waals surface area contributed by atoms with Gasteiger partial charge in [0.25, 0.3) is 5.91 Å². The summed E-state index contributed by atoms with van der Waals surface area (Å²) in [5, 5.41) is 10.8. The molecule has 8 heteroatoms.